The van der Waals surface area contributed by atoms with Crippen LogP contribution in [-0.4, -0.2) is 22.8 Å². The number of thioether (sulfide) groups is 1. The summed E-state index contributed by atoms with van der Waals surface area (Å²) >= 11 is 1.71. The van der Waals surface area contributed by atoms with E-state index in [9.17, 15) is 0 Å². The molecule has 1 heterocycles. The third kappa shape index (κ3) is 2.69. The fourth-order valence-electron chi connectivity index (χ4n) is 1.95. The molecule has 92 valence electrons. The number of fused-ring (bicyclic) bond motifs is 1. The van der Waals surface area contributed by atoms with Gasteiger partial charge in [-0.3, -0.25) is 5.32 Å². The third-order valence-corrected chi connectivity index (χ3v) is 4.11. The summed E-state index contributed by atoms with van der Waals surface area (Å²) in [6.07, 6.45) is 2.43. The monoisotopic (exact) mass is 257 g/mol. The Morgan fingerprint density at radius 2 is 2.28 bits per heavy atom. The lowest BCUT2D eigenvalue weighted by atomic mass is 10.3. The van der Waals surface area contributed by atoms with Crippen LogP contribution in [0, 0.1) is 11.3 Å². The molecule has 0 bridgehead atoms. The first-order valence-corrected chi connectivity index (χ1v) is 7.20. The SMILES string of the molecule is N#CC(CSc1cc2ccccc2[nH]1)NC1CC1. The molecule has 3 rings (SSSR count). The van der Waals surface area contributed by atoms with E-state index in [0.29, 0.717) is 6.04 Å². The molecular weight excluding hydrogens is 242 g/mol. The van der Waals surface area contributed by atoms with E-state index < -0.39 is 0 Å². The number of H-pyrrole nitrogens is 1. The van der Waals surface area contributed by atoms with Gasteiger partial charge in [-0.05, 0) is 25.0 Å². The molecule has 3 nitrogen and oxygen atoms in total. The van der Waals surface area contributed by atoms with Crippen molar-refractivity contribution in [2.75, 3.05) is 5.75 Å². The number of nitriles is 1. The van der Waals surface area contributed by atoms with Crippen molar-refractivity contribution in [1.29, 1.82) is 5.26 Å². The van der Waals surface area contributed by atoms with Crippen molar-refractivity contribution < 1.29 is 0 Å². The molecule has 2 aromatic rings. The van der Waals surface area contributed by atoms with Crippen molar-refractivity contribution in [2.45, 2.75) is 30.0 Å². The molecule has 18 heavy (non-hydrogen) atoms. The number of nitrogens with zero attached hydrogens (tertiary/aromatic N) is 1. The number of rotatable bonds is 5. The van der Waals surface area contributed by atoms with Crippen LogP contribution >= 0.6 is 11.8 Å². The summed E-state index contributed by atoms with van der Waals surface area (Å²) in [5.74, 6) is 0.791. The quantitative estimate of drug-likeness (QED) is 0.810. The molecule has 4 heteroatoms. The Morgan fingerprint density at radius 1 is 1.44 bits per heavy atom. The van der Waals surface area contributed by atoms with Crippen molar-refractivity contribution in [3.63, 3.8) is 0 Å². The summed E-state index contributed by atoms with van der Waals surface area (Å²) in [6.45, 7) is 0. The van der Waals surface area contributed by atoms with Gasteiger partial charge in [0.2, 0.25) is 0 Å². The second-order valence-electron chi connectivity index (χ2n) is 4.65. The van der Waals surface area contributed by atoms with Crippen LogP contribution in [0.1, 0.15) is 12.8 Å². The zero-order chi connectivity index (χ0) is 12.4. The molecule has 0 aliphatic heterocycles. The number of aromatic amines is 1. The number of aromatic nitrogens is 1. The van der Waals surface area contributed by atoms with Crippen molar-refractivity contribution >= 4 is 22.7 Å². The first-order valence-electron chi connectivity index (χ1n) is 6.21. The first kappa shape index (κ1) is 11.6. The van der Waals surface area contributed by atoms with Crippen molar-refractivity contribution in [2.24, 2.45) is 0 Å². The zero-order valence-corrected chi connectivity index (χ0v) is 10.8. The average molecular weight is 257 g/mol. The normalized spacial score (nSPS) is 16.6. The number of hydrogen-bond donors (Lipinski definition) is 2. The van der Waals surface area contributed by atoms with Crippen LogP contribution in [0.2, 0.25) is 0 Å². The largest absolute Gasteiger partial charge is 0.350 e. The maximum absolute atomic E-state index is 9.08. The molecule has 1 fully saturated rings. The van der Waals surface area contributed by atoms with Crippen molar-refractivity contribution in [1.82, 2.24) is 10.3 Å². The Kier molecular flexibility index (Phi) is 3.26. The van der Waals surface area contributed by atoms with E-state index in [0.717, 1.165) is 16.3 Å². The van der Waals surface area contributed by atoms with Crippen LogP contribution in [0.5, 0.6) is 0 Å². The zero-order valence-electron chi connectivity index (χ0n) is 10.0. The lowest BCUT2D eigenvalue weighted by Crippen LogP contribution is -2.31. The summed E-state index contributed by atoms with van der Waals surface area (Å²) in [5, 5.41) is 14.8. The van der Waals surface area contributed by atoms with E-state index in [1.54, 1.807) is 11.8 Å². The van der Waals surface area contributed by atoms with Gasteiger partial charge in [0.25, 0.3) is 0 Å². The summed E-state index contributed by atoms with van der Waals surface area (Å²) < 4.78 is 0. The molecule has 0 saturated heterocycles. The van der Waals surface area contributed by atoms with Gasteiger partial charge >= 0.3 is 0 Å². The molecule has 0 spiro atoms. The lowest BCUT2D eigenvalue weighted by Gasteiger charge is -2.08. The van der Waals surface area contributed by atoms with Crippen molar-refractivity contribution in [3.8, 4) is 6.07 Å². The summed E-state index contributed by atoms with van der Waals surface area (Å²) in [7, 11) is 0. The van der Waals surface area contributed by atoms with Crippen LogP contribution in [0.15, 0.2) is 35.4 Å². The van der Waals surface area contributed by atoms with Crippen LogP contribution in [0.25, 0.3) is 10.9 Å². The predicted octanol–water partition coefficient (Wildman–Crippen LogP) is 2.90. The summed E-state index contributed by atoms with van der Waals surface area (Å²) in [6, 6.07) is 13.2. The van der Waals surface area contributed by atoms with Crippen LogP contribution in [-0.2, 0) is 0 Å². The molecule has 1 atom stereocenters. The molecule has 1 aromatic carbocycles. The summed E-state index contributed by atoms with van der Waals surface area (Å²) in [4.78, 5) is 3.37. The molecule has 1 aromatic heterocycles. The predicted molar refractivity (Wildman–Crippen MR) is 74.6 cm³/mol. The van der Waals surface area contributed by atoms with Gasteiger partial charge in [0.05, 0.1) is 11.1 Å². The maximum atomic E-state index is 9.08. The van der Waals surface area contributed by atoms with Gasteiger partial charge in [0, 0.05) is 22.7 Å². The van der Waals surface area contributed by atoms with Gasteiger partial charge in [0.1, 0.15) is 6.04 Å². The molecule has 0 radical (unpaired) electrons. The minimum Gasteiger partial charge on any atom is -0.350 e. The highest BCUT2D eigenvalue weighted by atomic mass is 32.2. The Bertz CT molecular complexity index is 547. The summed E-state index contributed by atoms with van der Waals surface area (Å²) in [5.41, 5.74) is 1.16. The van der Waals surface area contributed by atoms with Crippen LogP contribution in [0.4, 0.5) is 0 Å². The van der Waals surface area contributed by atoms with E-state index >= 15 is 0 Å². The highest BCUT2D eigenvalue weighted by Gasteiger charge is 2.24. The van der Waals surface area contributed by atoms with E-state index in [4.69, 9.17) is 5.26 Å². The topological polar surface area (TPSA) is 51.6 Å². The first-order chi connectivity index (χ1) is 8.85. The van der Waals surface area contributed by atoms with Gasteiger partial charge < -0.3 is 4.98 Å². The average Bonchev–Trinajstić information content (AvgIpc) is 3.11. The Labute approximate surface area is 111 Å². The Balaban J connectivity index is 1.63. The standard InChI is InChI=1S/C14H15N3S/c15-8-12(16-11-5-6-11)9-18-14-7-10-3-1-2-4-13(10)17-14/h1-4,7,11-12,16-17H,5-6,9H2. The Morgan fingerprint density at radius 3 is 3.00 bits per heavy atom. The molecule has 1 aliphatic carbocycles. The highest BCUT2D eigenvalue weighted by molar-refractivity contribution is 7.99. The third-order valence-electron chi connectivity index (χ3n) is 3.08. The molecule has 2 N–H and O–H groups in total. The molecular formula is C14H15N3S. The van der Waals surface area contributed by atoms with Crippen molar-refractivity contribution in [3.05, 3.63) is 30.3 Å². The molecule has 1 unspecified atom stereocenters. The minimum absolute atomic E-state index is 0.0473. The van der Waals surface area contributed by atoms with Gasteiger partial charge in [-0.2, -0.15) is 5.26 Å². The fourth-order valence-corrected chi connectivity index (χ4v) is 2.86. The van der Waals surface area contributed by atoms with E-state index in [-0.39, 0.29) is 6.04 Å². The number of nitrogens with one attached hydrogen (secondary N) is 2. The fraction of sp³-hybridized carbons (Fsp3) is 0.357. The highest BCUT2D eigenvalue weighted by Crippen LogP contribution is 2.25. The Hall–Kier alpha value is -1.44. The second kappa shape index (κ2) is 5.05. The van der Waals surface area contributed by atoms with Crippen LogP contribution in [0.3, 0.4) is 0 Å². The minimum atomic E-state index is -0.0473. The number of benzene rings is 1. The van der Waals surface area contributed by atoms with E-state index in [2.05, 4.69) is 34.6 Å². The van der Waals surface area contributed by atoms with Gasteiger partial charge in [-0.25, -0.2) is 0 Å². The lowest BCUT2D eigenvalue weighted by molar-refractivity contribution is 0.644. The molecule has 1 aliphatic rings. The number of para-hydroxylation sites is 1. The molecule has 0 amide bonds. The van der Waals surface area contributed by atoms with Gasteiger partial charge in [-0.1, -0.05) is 18.2 Å². The van der Waals surface area contributed by atoms with Gasteiger partial charge in [0.15, 0.2) is 0 Å². The number of hydrogen-bond acceptors (Lipinski definition) is 3. The smallest absolute Gasteiger partial charge is 0.105 e. The van der Waals surface area contributed by atoms with E-state index in [1.807, 2.05) is 12.1 Å². The second-order valence-corrected chi connectivity index (χ2v) is 5.72. The maximum Gasteiger partial charge on any atom is 0.105 e. The van der Waals surface area contributed by atoms with E-state index in [1.165, 1.54) is 18.2 Å². The van der Waals surface area contributed by atoms with Gasteiger partial charge in [-0.15, -0.1) is 11.8 Å². The molecule has 1 saturated carbocycles. The van der Waals surface area contributed by atoms with Crippen LogP contribution < -0.4 is 5.32 Å².